The number of benzene rings is 1. The Balaban J connectivity index is 1.25. The fourth-order valence-electron chi connectivity index (χ4n) is 5.02. The average molecular weight is 328 g/mol. The lowest BCUT2D eigenvalue weighted by Gasteiger charge is -2.48. The van der Waals surface area contributed by atoms with Crippen LogP contribution < -0.4 is 10.2 Å². The minimum atomic E-state index is 0.649. The highest BCUT2D eigenvalue weighted by Gasteiger charge is 2.37. The van der Waals surface area contributed by atoms with Crippen LogP contribution in [0.1, 0.15) is 38.5 Å². The van der Waals surface area contributed by atoms with E-state index >= 15 is 0 Å². The van der Waals surface area contributed by atoms with Crippen LogP contribution in [0, 0.1) is 11.3 Å². The maximum atomic E-state index is 3.49. The first kappa shape index (κ1) is 16.4. The van der Waals surface area contributed by atoms with Crippen molar-refractivity contribution < 1.29 is 0 Å². The molecule has 3 aliphatic rings. The van der Waals surface area contributed by atoms with Crippen molar-refractivity contribution in [3.05, 3.63) is 30.3 Å². The van der Waals surface area contributed by atoms with Crippen LogP contribution in [0.15, 0.2) is 30.3 Å². The lowest BCUT2D eigenvalue weighted by atomic mass is 9.71. The molecule has 1 aromatic carbocycles. The van der Waals surface area contributed by atoms with Gasteiger partial charge in [-0.2, -0.15) is 0 Å². The van der Waals surface area contributed by atoms with Gasteiger partial charge in [-0.05, 0) is 88.2 Å². The molecule has 0 unspecified atom stereocenters. The van der Waals surface area contributed by atoms with E-state index in [4.69, 9.17) is 0 Å². The highest BCUT2D eigenvalue weighted by molar-refractivity contribution is 5.46. The van der Waals surface area contributed by atoms with Crippen LogP contribution in [0.5, 0.6) is 0 Å². The quantitative estimate of drug-likeness (QED) is 0.918. The van der Waals surface area contributed by atoms with E-state index in [0.717, 1.165) is 5.92 Å². The second-order valence-corrected chi connectivity index (χ2v) is 8.32. The predicted molar refractivity (Wildman–Crippen MR) is 102 cm³/mol. The van der Waals surface area contributed by atoms with E-state index in [9.17, 15) is 0 Å². The Kier molecular flexibility index (Phi) is 5.09. The molecule has 1 spiro atoms. The zero-order valence-corrected chi connectivity index (χ0v) is 15.1. The monoisotopic (exact) mass is 327 g/mol. The lowest BCUT2D eigenvalue weighted by Crippen LogP contribution is -2.48. The van der Waals surface area contributed by atoms with Crippen molar-refractivity contribution in [3.8, 4) is 0 Å². The van der Waals surface area contributed by atoms with E-state index in [0.29, 0.717) is 5.41 Å². The Labute approximate surface area is 147 Å². The topological polar surface area (TPSA) is 18.5 Å². The van der Waals surface area contributed by atoms with Crippen LogP contribution >= 0.6 is 0 Å². The highest BCUT2D eigenvalue weighted by Crippen LogP contribution is 2.42. The molecule has 1 N–H and O–H groups in total. The number of likely N-dealkylation sites (tertiary alicyclic amines) is 1. The summed E-state index contributed by atoms with van der Waals surface area (Å²) >= 11 is 0. The molecule has 3 saturated heterocycles. The number of piperidine rings is 3. The number of nitrogens with zero attached hydrogens (tertiary/aromatic N) is 2. The number of rotatable bonds is 3. The standard InChI is InChI=1S/C21H33N3/c1-2-4-20(5-3-1)24-16-10-21(11-17-24)8-14-23(15-9-21)18-19-6-12-22-13-7-19/h1-5,19,22H,6-18H2. The summed E-state index contributed by atoms with van der Waals surface area (Å²) in [5.74, 6) is 0.945. The van der Waals surface area contributed by atoms with Gasteiger partial charge >= 0.3 is 0 Å². The summed E-state index contributed by atoms with van der Waals surface area (Å²) in [6.07, 6.45) is 8.41. The van der Waals surface area contributed by atoms with Gasteiger partial charge in [0, 0.05) is 25.3 Å². The third-order valence-electron chi connectivity index (χ3n) is 6.84. The Morgan fingerprint density at radius 3 is 2.17 bits per heavy atom. The van der Waals surface area contributed by atoms with Crippen molar-refractivity contribution in [2.45, 2.75) is 38.5 Å². The Morgan fingerprint density at radius 1 is 0.875 bits per heavy atom. The Hall–Kier alpha value is -1.06. The SMILES string of the molecule is c1ccc(N2CCC3(CCN(CC4CCNCC4)CC3)CC2)cc1. The number of para-hydroxylation sites is 1. The molecule has 0 aliphatic carbocycles. The van der Waals surface area contributed by atoms with Crippen molar-refractivity contribution in [2.75, 3.05) is 50.7 Å². The zero-order chi connectivity index (χ0) is 16.2. The van der Waals surface area contributed by atoms with Gasteiger partial charge in [-0.15, -0.1) is 0 Å². The highest BCUT2D eigenvalue weighted by atomic mass is 15.2. The second-order valence-electron chi connectivity index (χ2n) is 8.32. The molecule has 3 heteroatoms. The molecule has 0 atom stereocenters. The lowest BCUT2D eigenvalue weighted by molar-refractivity contribution is 0.0671. The van der Waals surface area contributed by atoms with Crippen molar-refractivity contribution in [2.24, 2.45) is 11.3 Å². The first-order chi connectivity index (χ1) is 11.8. The third kappa shape index (κ3) is 3.78. The molecular formula is C21H33N3. The van der Waals surface area contributed by atoms with Crippen LogP contribution in [0.3, 0.4) is 0 Å². The molecule has 3 fully saturated rings. The number of anilines is 1. The molecule has 4 rings (SSSR count). The van der Waals surface area contributed by atoms with Crippen molar-refractivity contribution >= 4 is 5.69 Å². The van der Waals surface area contributed by atoms with E-state index < -0.39 is 0 Å². The van der Waals surface area contributed by atoms with Gasteiger partial charge in [-0.1, -0.05) is 18.2 Å². The number of nitrogens with one attached hydrogen (secondary N) is 1. The zero-order valence-electron chi connectivity index (χ0n) is 15.1. The van der Waals surface area contributed by atoms with Gasteiger partial charge in [0.25, 0.3) is 0 Å². The van der Waals surface area contributed by atoms with E-state index in [1.165, 1.54) is 90.0 Å². The molecular weight excluding hydrogens is 294 g/mol. The van der Waals surface area contributed by atoms with Gasteiger partial charge < -0.3 is 15.1 Å². The summed E-state index contributed by atoms with van der Waals surface area (Å²) < 4.78 is 0. The fraction of sp³-hybridized carbons (Fsp3) is 0.714. The molecule has 1 aromatic rings. The fourth-order valence-corrected chi connectivity index (χ4v) is 5.02. The summed E-state index contributed by atoms with van der Waals surface area (Å²) in [5.41, 5.74) is 2.06. The summed E-state index contributed by atoms with van der Waals surface area (Å²) in [6, 6.07) is 11.0. The largest absolute Gasteiger partial charge is 0.371 e. The summed E-state index contributed by atoms with van der Waals surface area (Å²) in [4.78, 5) is 5.36. The molecule has 132 valence electrons. The number of hydrogen-bond acceptors (Lipinski definition) is 3. The molecule has 24 heavy (non-hydrogen) atoms. The maximum absolute atomic E-state index is 3.49. The van der Waals surface area contributed by atoms with Crippen molar-refractivity contribution in [1.29, 1.82) is 0 Å². The molecule has 0 radical (unpaired) electrons. The third-order valence-corrected chi connectivity index (χ3v) is 6.84. The van der Waals surface area contributed by atoms with E-state index in [1.807, 2.05) is 0 Å². The summed E-state index contributed by atoms with van der Waals surface area (Å²) in [6.45, 7) is 9.00. The molecule has 3 aliphatic heterocycles. The van der Waals surface area contributed by atoms with Crippen LogP contribution in [-0.2, 0) is 0 Å². The van der Waals surface area contributed by atoms with Crippen molar-refractivity contribution in [1.82, 2.24) is 10.2 Å². The average Bonchev–Trinajstić information content (AvgIpc) is 2.66. The molecule has 3 heterocycles. The van der Waals surface area contributed by atoms with Crippen LogP contribution in [0.2, 0.25) is 0 Å². The maximum Gasteiger partial charge on any atom is 0.0366 e. The van der Waals surface area contributed by atoms with Crippen molar-refractivity contribution in [3.63, 3.8) is 0 Å². The molecule has 0 aromatic heterocycles. The predicted octanol–water partition coefficient (Wildman–Crippen LogP) is 3.37. The minimum Gasteiger partial charge on any atom is -0.371 e. The van der Waals surface area contributed by atoms with Gasteiger partial charge in [0.05, 0.1) is 0 Å². The number of hydrogen-bond donors (Lipinski definition) is 1. The first-order valence-corrected chi connectivity index (χ1v) is 10.1. The normalized spacial score (nSPS) is 25.9. The molecule has 0 bridgehead atoms. The van der Waals surface area contributed by atoms with Crippen LogP contribution in [0.25, 0.3) is 0 Å². The van der Waals surface area contributed by atoms with Gasteiger partial charge in [0.15, 0.2) is 0 Å². The first-order valence-electron chi connectivity index (χ1n) is 10.1. The summed E-state index contributed by atoms with van der Waals surface area (Å²) in [5, 5.41) is 3.49. The minimum absolute atomic E-state index is 0.649. The Bertz CT molecular complexity index is 491. The van der Waals surface area contributed by atoms with Crippen LogP contribution in [-0.4, -0.2) is 50.7 Å². The molecule has 0 saturated carbocycles. The Morgan fingerprint density at radius 2 is 1.50 bits per heavy atom. The van der Waals surface area contributed by atoms with Gasteiger partial charge in [-0.25, -0.2) is 0 Å². The van der Waals surface area contributed by atoms with E-state index in [1.54, 1.807) is 0 Å². The van der Waals surface area contributed by atoms with Gasteiger partial charge in [-0.3, -0.25) is 0 Å². The molecule has 3 nitrogen and oxygen atoms in total. The van der Waals surface area contributed by atoms with E-state index in [2.05, 4.69) is 45.4 Å². The van der Waals surface area contributed by atoms with Gasteiger partial charge in [0.1, 0.15) is 0 Å². The molecule has 0 amide bonds. The van der Waals surface area contributed by atoms with Gasteiger partial charge in [0.2, 0.25) is 0 Å². The smallest absolute Gasteiger partial charge is 0.0366 e. The van der Waals surface area contributed by atoms with E-state index in [-0.39, 0.29) is 0 Å². The summed E-state index contributed by atoms with van der Waals surface area (Å²) in [7, 11) is 0. The second kappa shape index (κ2) is 7.45. The van der Waals surface area contributed by atoms with Crippen LogP contribution in [0.4, 0.5) is 5.69 Å².